The van der Waals surface area contributed by atoms with Gasteiger partial charge in [0.15, 0.2) is 0 Å². The molecule has 2 fully saturated rings. The van der Waals surface area contributed by atoms with Crippen LogP contribution in [0.1, 0.15) is 47.4 Å². The number of amides is 3. The highest BCUT2D eigenvalue weighted by molar-refractivity contribution is 6.06. The quantitative estimate of drug-likeness (QED) is 0.906. The van der Waals surface area contributed by atoms with E-state index in [0.717, 1.165) is 18.5 Å². The predicted octanol–water partition coefficient (Wildman–Crippen LogP) is 1.90. The van der Waals surface area contributed by atoms with Gasteiger partial charge in [0, 0.05) is 44.3 Å². The molecular formula is C18H23N5O3. The van der Waals surface area contributed by atoms with Crippen molar-refractivity contribution in [2.75, 3.05) is 32.7 Å². The first kappa shape index (κ1) is 16.8. The lowest BCUT2D eigenvalue weighted by Gasteiger charge is -2.34. The molecule has 1 aliphatic carbocycles. The van der Waals surface area contributed by atoms with Crippen LogP contribution in [-0.4, -0.2) is 64.6 Å². The number of rotatable bonds is 3. The largest absolute Gasteiger partial charge is 0.338 e. The van der Waals surface area contributed by atoms with Crippen LogP contribution in [-0.2, 0) is 0 Å². The SMILES string of the molecule is CCNC(=O)N1CCN(C(=O)c2cc(C3CC3)nc3onc(C)c23)CC1. The number of urea groups is 1. The lowest BCUT2D eigenvalue weighted by atomic mass is 10.1. The standard InChI is InChI=1S/C18H23N5O3/c1-3-19-18(25)23-8-6-22(7-9-23)17(24)13-10-14(12-4-5-12)20-16-15(13)11(2)21-26-16/h10,12H,3-9H2,1-2H3,(H,19,25). The molecule has 8 nitrogen and oxygen atoms in total. The van der Waals surface area contributed by atoms with Gasteiger partial charge in [0.2, 0.25) is 0 Å². The van der Waals surface area contributed by atoms with E-state index < -0.39 is 0 Å². The summed E-state index contributed by atoms with van der Waals surface area (Å²) in [5, 5.41) is 7.49. The van der Waals surface area contributed by atoms with Crippen molar-refractivity contribution in [3.63, 3.8) is 0 Å². The molecule has 2 aromatic rings. The van der Waals surface area contributed by atoms with E-state index >= 15 is 0 Å². The van der Waals surface area contributed by atoms with Crippen LogP contribution in [0.4, 0.5) is 4.79 Å². The topological polar surface area (TPSA) is 91.6 Å². The molecule has 0 radical (unpaired) electrons. The molecule has 2 aromatic heterocycles. The summed E-state index contributed by atoms with van der Waals surface area (Å²) in [5.74, 6) is 0.382. The fourth-order valence-corrected chi connectivity index (χ4v) is 3.42. The highest BCUT2D eigenvalue weighted by atomic mass is 16.5. The molecule has 138 valence electrons. The average molecular weight is 357 g/mol. The predicted molar refractivity (Wildman–Crippen MR) is 95.1 cm³/mol. The molecule has 1 N–H and O–H groups in total. The second-order valence-electron chi connectivity index (χ2n) is 6.93. The van der Waals surface area contributed by atoms with Crippen molar-refractivity contribution in [2.24, 2.45) is 0 Å². The molecule has 26 heavy (non-hydrogen) atoms. The van der Waals surface area contributed by atoms with Crippen molar-refractivity contribution < 1.29 is 14.1 Å². The molecule has 8 heteroatoms. The smallest absolute Gasteiger partial charge is 0.317 e. The van der Waals surface area contributed by atoms with Crippen molar-refractivity contribution in [3.8, 4) is 0 Å². The summed E-state index contributed by atoms with van der Waals surface area (Å²) in [5.41, 5.74) is 2.65. The van der Waals surface area contributed by atoms with E-state index in [0.29, 0.717) is 61.0 Å². The highest BCUT2D eigenvalue weighted by Crippen LogP contribution is 2.40. The summed E-state index contributed by atoms with van der Waals surface area (Å²) in [7, 11) is 0. The minimum atomic E-state index is -0.0724. The van der Waals surface area contributed by atoms with Gasteiger partial charge >= 0.3 is 6.03 Å². The molecular weight excluding hydrogens is 334 g/mol. The molecule has 3 amide bonds. The molecule has 0 spiro atoms. The van der Waals surface area contributed by atoms with Crippen LogP contribution in [0.5, 0.6) is 0 Å². The zero-order valence-electron chi connectivity index (χ0n) is 15.1. The summed E-state index contributed by atoms with van der Waals surface area (Å²) < 4.78 is 5.33. The van der Waals surface area contributed by atoms with Crippen molar-refractivity contribution >= 4 is 23.0 Å². The molecule has 1 saturated heterocycles. The van der Waals surface area contributed by atoms with Gasteiger partial charge in [0.1, 0.15) is 0 Å². The first-order valence-electron chi connectivity index (χ1n) is 9.17. The maximum atomic E-state index is 13.2. The van der Waals surface area contributed by atoms with Crippen LogP contribution in [0.3, 0.4) is 0 Å². The third-order valence-corrected chi connectivity index (χ3v) is 5.05. The number of nitrogens with zero attached hydrogens (tertiary/aromatic N) is 4. The van der Waals surface area contributed by atoms with Gasteiger partial charge in [-0.25, -0.2) is 9.78 Å². The Balaban J connectivity index is 1.57. The van der Waals surface area contributed by atoms with Gasteiger partial charge in [-0.2, -0.15) is 0 Å². The van der Waals surface area contributed by atoms with Crippen LogP contribution in [0.2, 0.25) is 0 Å². The van der Waals surface area contributed by atoms with Gasteiger partial charge in [-0.3, -0.25) is 4.79 Å². The Labute approximate surface area is 151 Å². The van der Waals surface area contributed by atoms with Gasteiger partial charge in [0.05, 0.1) is 16.6 Å². The van der Waals surface area contributed by atoms with Crippen molar-refractivity contribution in [2.45, 2.75) is 32.6 Å². The van der Waals surface area contributed by atoms with Crippen molar-refractivity contribution in [1.82, 2.24) is 25.3 Å². The third-order valence-electron chi connectivity index (χ3n) is 5.05. The monoisotopic (exact) mass is 357 g/mol. The Bertz CT molecular complexity index is 850. The van der Waals surface area contributed by atoms with Crippen molar-refractivity contribution in [1.29, 1.82) is 0 Å². The molecule has 0 atom stereocenters. The van der Waals surface area contributed by atoms with Crippen molar-refractivity contribution in [3.05, 3.63) is 23.0 Å². The van der Waals surface area contributed by atoms with E-state index in [1.54, 1.807) is 9.80 Å². The molecule has 4 rings (SSSR count). The maximum absolute atomic E-state index is 13.2. The second kappa shape index (κ2) is 6.59. The number of piperazine rings is 1. The molecule has 3 heterocycles. The number of fused-ring (bicyclic) bond motifs is 1. The Kier molecular flexibility index (Phi) is 4.26. The highest BCUT2D eigenvalue weighted by Gasteiger charge is 2.31. The van der Waals surface area contributed by atoms with Gasteiger partial charge in [-0.05, 0) is 32.8 Å². The number of aromatic nitrogens is 2. The molecule has 0 bridgehead atoms. The number of hydrogen-bond acceptors (Lipinski definition) is 5. The van der Waals surface area contributed by atoms with E-state index in [1.165, 1.54) is 0 Å². The van der Waals surface area contributed by atoms with Gasteiger partial charge in [0.25, 0.3) is 11.6 Å². The van der Waals surface area contributed by atoms with E-state index in [4.69, 9.17) is 4.52 Å². The zero-order chi connectivity index (χ0) is 18.3. The number of carbonyl (C=O) groups excluding carboxylic acids is 2. The second-order valence-corrected chi connectivity index (χ2v) is 6.93. The maximum Gasteiger partial charge on any atom is 0.317 e. The zero-order valence-corrected chi connectivity index (χ0v) is 15.1. The molecule has 2 aliphatic rings. The van der Waals surface area contributed by atoms with Gasteiger partial charge < -0.3 is 19.6 Å². The third kappa shape index (κ3) is 3.00. The number of pyridine rings is 1. The van der Waals surface area contributed by atoms with E-state index in [1.807, 2.05) is 19.9 Å². The lowest BCUT2D eigenvalue weighted by molar-refractivity contribution is 0.0667. The van der Waals surface area contributed by atoms with E-state index in [-0.39, 0.29) is 11.9 Å². The Morgan fingerprint density at radius 3 is 2.58 bits per heavy atom. The minimum absolute atomic E-state index is 0.0406. The van der Waals surface area contributed by atoms with E-state index in [2.05, 4.69) is 15.5 Å². The summed E-state index contributed by atoms with van der Waals surface area (Å²) >= 11 is 0. The Morgan fingerprint density at radius 1 is 1.23 bits per heavy atom. The van der Waals surface area contributed by atoms with Gasteiger partial charge in [-0.1, -0.05) is 5.16 Å². The number of hydrogen-bond donors (Lipinski definition) is 1. The van der Waals surface area contributed by atoms with Gasteiger partial charge in [-0.15, -0.1) is 0 Å². The van der Waals surface area contributed by atoms with E-state index in [9.17, 15) is 9.59 Å². The first-order valence-corrected chi connectivity index (χ1v) is 9.17. The summed E-state index contributed by atoms with van der Waals surface area (Å²) in [4.78, 5) is 33.2. The van der Waals surface area contributed by atoms with Crippen LogP contribution >= 0.6 is 0 Å². The normalized spacial score (nSPS) is 17.6. The molecule has 1 aliphatic heterocycles. The summed E-state index contributed by atoms with van der Waals surface area (Å²) in [6.45, 7) is 6.42. The summed E-state index contributed by atoms with van der Waals surface area (Å²) in [6.07, 6.45) is 2.20. The lowest BCUT2D eigenvalue weighted by Crippen LogP contribution is -2.53. The average Bonchev–Trinajstić information content (AvgIpc) is 3.44. The molecule has 0 unspecified atom stereocenters. The fourth-order valence-electron chi connectivity index (χ4n) is 3.42. The van der Waals surface area contributed by atoms with Crippen LogP contribution in [0.25, 0.3) is 11.1 Å². The van der Waals surface area contributed by atoms with Crippen LogP contribution < -0.4 is 5.32 Å². The van der Waals surface area contributed by atoms with Crippen LogP contribution in [0, 0.1) is 6.92 Å². The fraction of sp³-hybridized carbons (Fsp3) is 0.556. The first-order chi connectivity index (χ1) is 12.6. The summed E-state index contributed by atoms with van der Waals surface area (Å²) in [6, 6.07) is 1.83. The minimum Gasteiger partial charge on any atom is -0.338 e. The molecule has 0 aromatic carbocycles. The Morgan fingerprint density at radius 2 is 1.92 bits per heavy atom. The van der Waals surface area contributed by atoms with Crippen LogP contribution in [0.15, 0.2) is 10.6 Å². The molecule has 1 saturated carbocycles. The number of aryl methyl sites for hydroxylation is 1. The Hall–Kier alpha value is -2.64. The number of carbonyl (C=O) groups is 2. The number of nitrogens with one attached hydrogen (secondary N) is 1.